The van der Waals surface area contributed by atoms with Gasteiger partial charge in [0.05, 0.1) is 0 Å². The van der Waals surface area contributed by atoms with Gasteiger partial charge in [-0.05, 0) is 24.1 Å². The van der Waals surface area contributed by atoms with E-state index in [9.17, 15) is 9.59 Å². The SMILES string of the molecule is Br.NC(=NCCC1=CC(=O)C(=O)C=C1)c1ccccc1. The zero-order chi connectivity index (χ0) is 13.7. The molecule has 1 aliphatic rings. The van der Waals surface area contributed by atoms with Gasteiger partial charge >= 0.3 is 0 Å². The molecule has 2 rings (SSSR count). The Morgan fingerprint density at radius 1 is 1.05 bits per heavy atom. The van der Waals surface area contributed by atoms with E-state index in [1.54, 1.807) is 6.08 Å². The molecule has 4 nitrogen and oxygen atoms in total. The summed E-state index contributed by atoms with van der Waals surface area (Å²) in [6, 6.07) is 9.49. The maximum atomic E-state index is 11.2. The summed E-state index contributed by atoms with van der Waals surface area (Å²) in [6.07, 6.45) is 4.89. The number of rotatable bonds is 4. The van der Waals surface area contributed by atoms with Crippen LogP contribution in [-0.2, 0) is 9.59 Å². The van der Waals surface area contributed by atoms with Crippen molar-refractivity contribution in [1.29, 1.82) is 0 Å². The summed E-state index contributed by atoms with van der Waals surface area (Å²) in [5, 5.41) is 0. The van der Waals surface area contributed by atoms with Crippen LogP contribution >= 0.6 is 17.0 Å². The van der Waals surface area contributed by atoms with Crippen molar-refractivity contribution >= 4 is 34.4 Å². The maximum absolute atomic E-state index is 11.2. The largest absolute Gasteiger partial charge is 0.384 e. The van der Waals surface area contributed by atoms with Gasteiger partial charge in [-0.15, -0.1) is 17.0 Å². The van der Waals surface area contributed by atoms with E-state index in [0.717, 1.165) is 11.1 Å². The van der Waals surface area contributed by atoms with Gasteiger partial charge in [0.2, 0.25) is 11.6 Å². The van der Waals surface area contributed by atoms with E-state index in [1.807, 2.05) is 30.3 Å². The summed E-state index contributed by atoms with van der Waals surface area (Å²) in [4.78, 5) is 26.4. The highest BCUT2D eigenvalue weighted by atomic mass is 79.9. The van der Waals surface area contributed by atoms with E-state index in [1.165, 1.54) is 12.2 Å². The Balaban J connectivity index is 0.00000200. The lowest BCUT2D eigenvalue weighted by molar-refractivity contribution is -0.131. The van der Waals surface area contributed by atoms with E-state index < -0.39 is 11.6 Å². The molecule has 0 saturated heterocycles. The molecule has 0 aromatic heterocycles. The summed E-state index contributed by atoms with van der Waals surface area (Å²) in [7, 11) is 0. The van der Waals surface area contributed by atoms with Crippen LogP contribution in [0.1, 0.15) is 12.0 Å². The number of amidine groups is 1. The van der Waals surface area contributed by atoms with Crippen molar-refractivity contribution in [3.05, 3.63) is 59.7 Å². The molecule has 0 saturated carbocycles. The summed E-state index contributed by atoms with van der Waals surface area (Å²) < 4.78 is 0. The summed E-state index contributed by atoms with van der Waals surface area (Å²) in [5.74, 6) is -0.475. The first-order valence-electron chi connectivity index (χ1n) is 5.99. The van der Waals surface area contributed by atoms with Crippen LogP contribution in [-0.4, -0.2) is 23.9 Å². The minimum atomic E-state index is -0.476. The highest BCUT2D eigenvalue weighted by Gasteiger charge is 2.12. The van der Waals surface area contributed by atoms with Crippen LogP contribution in [0.15, 0.2) is 59.1 Å². The molecule has 1 aromatic rings. The Bertz CT molecular complexity index is 589. The Labute approximate surface area is 127 Å². The first-order valence-corrected chi connectivity index (χ1v) is 5.99. The van der Waals surface area contributed by atoms with Gasteiger partial charge in [0.15, 0.2) is 0 Å². The smallest absolute Gasteiger partial charge is 0.225 e. The molecule has 0 spiro atoms. The molecule has 104 valence electrons. The van der Waals surface area contributed by atoms with Crippen LogP contribution in [0.2, 0.25) is 0 Å². The Morgan fingerprint density at radius 3 is 2.40 bits per heavy atom. The Kier molecular flexibility index (Phi) is 6.06. The first-order chi connectivity index (χ1) is 9.16. The van der Waals surface area contributed by atoms with Gasteiger partial charge in [-0.1, -0.05) is 36.4 Å². The number of nitrogens with two attached hydrogens (primary N) is 1. The van der Waals surface area contributed by atoms with Crippen LogP contribution in [0.4, 0.5) is 0 Å². The van der Waals surface area contributed by atoms with Crippen molar-refractivity contribution < 1.29 is 9.59 Å². The molecule has 1 aromatic carbocycles. The highest BCUT2D eigenvalue weighted by molar-refractivity contribution is 8.93. The Morgan fingerprint density at radius 2 is 1.75 bits per heavy atom. The molecule has 0 radical (unpaired) electrons. The van der Waals surface area contributed by atoms with Crippen LogP contribution in [0.25, 0.3) is 0 Å². The molecule has 0 fully saturated rings. The fraction of sp³-hybridized carbons (Fsp3) is 0.133. The number of carbonyl (C=O) groups is 2. The third-order valence-electron chi connectivity index (χ3n) is 2.76. The number of aliphatic imine (C=N–C) groups is 1. The van der Waals surface area contributed by atoms with Crippen molar-refractivity contribution in [2.24, 2.45) is 10.7 Å². The first kappa shape index (κ1) is 16.0. The molecule has 0 heterocycles. The van der Waals surface area contributed by atoms with Gasteiger partial charge in [-0.2, -0.15) is 0 Å². The number of hydrogen-bond acceptors (Lipinski definition) is 3. The minimum Gasteiger partial charge on any atom is -0.384 e. The number of benzene rings is 1. The normalized spacial score (nSPS) is 14.8. The molecule has 20 heavy (non-hydrogen) atoms. The van der Waals surface area contributed by atoms with Crippen LogP contribution < -0.4 is 5.73 Å². The fourth-order valence-electron chi connectivity index (χ4n) is 1.71. The van der Waals surface area contributed by atoms with E-state index in [0.29, 0.717) is 18.8 Å². The lowest BCUT2D eigenvalue weighted by Crippen LogP contribution is -2.14. The predicted molar refractivity (Wildman–Crippen MR) is 84.2 cm³/mol. The van der Waals surface area contributed by atoms with Gasteiger partial charge in [0.25, 0.3) is 0 Å². The number of ketones is 2. The molecule has 0 aliphatic heterocycles. The minimum absolute atomic E-state index is 0. The highest BCUT2D eigenvalue weighted by Crippen LogP contribution is 2.09. The van der Waals surface area contributed by atoms with Crippen molar-refractivity contribution in [2.45, 2.75) is 6.42 Å². The molecule has 2 N–H and O–H groups in total. The summed E-state index contributed by atoms with van der Waals surface area (Å²) >= 11 is 0. The van der Waals surface area contributed by atoms with Crippen molar-refractivity contribution in [1.82, 2.24) is 0 Å². The van der Waals surface area contributed by atoms with E-state index in [-0.39, 0.29) is 17.0 Å². The summed E-state index contributed by atoms with van der Waals surface area (Å²) in [6.45, 7) is 0.484. The second-order valence-electron chi connectivity index (χ2n) is 4.16. The van der Waals surface area contributed by atoms with Gasteiger partial charge < -0.3 is 5.73 Å². The van der Waals surface area contributed by atoms with Gasteiger partial charge in [-0.3, -0.25) is 14.6 Å². The monoisotopic (exact) mass is 334 g/mol. The molecule has 0 amide bonds. The molecule has 0 bridgehead atoms. The van der Waals surface area contributed by atoms with E-state index >= 15 is 0 Å². The number of halogens is 1. The third-order valence-corrected chi connectivity index (χ3v) is 2.76. The summed E-state index contributed by atoms with van der Waals surface area (Å²) in [5.41, 5.74) is 7.53. The van der Waals surface area contributed by atoms with Crippen LogP contribution in [0.3, 0.4) is 0 Å². The van der Waals surface area contributed by atoms with Crippen LogP contribution in [0, 0.1) is 0 Å². The molecular formula is C15H15BrN2O2. The second kappa shape index (κ2) is 7.55. The van der Waals surface area contributed by atoms with E-state index in [4.69, 9.17) is 5.73 Å². The van der Waals surface area contributed by atoms with Gasteiger partial charge in [0, 0.05) is 12.1 Å². The average molecular weight is 335 g/mol. The maximum Gasteiger partial charge on any atom is 0.225 e. The lowest BCUT2D eigenvalue weighted by atomic mass is 10.0. The number of carbonyl (C=O) groups excluding carboxylic acids is 2. The third kappa shape index (κ3) is 4.28. The molecule has 0 atom stereocenters. The lowest BCUT2D eigenvalue weighted by Gasteiger charge is -2.04. The van der Waals surface area contributed by atoms with Crippen LogP contribution in [0.5, 0.6) is 0 Å². The topological polar surface area (TPSA) is 72.5 Å². The zero-order valence-electron chi connectivity index (χ0n) is 10.8. The van der Waals surface area contributed by atoms with Gasteiger partial charge in [0.1, 0.15) is 5.84 Å². The molecular weight excluding hydrogens is 320 g/mol. The molecule has 1 aliphatic carbocycles. The quantitative estimate of drug-likeness (QED) is 0.396. The molecule has 5 heteroatoms. The van der Waals surface area contributed by atoms with Crippen molar-refractivity contribution in [2.75, 3.05) is 6.54 Å². The van der Waals surface area contributed by atoms with E-state index in [2.05, 4.69) is 4.99 Å². The fourth-order valence-corrected chi connectivity index (χ4v) is 1.71. The number of hydrogen-bond donors (Lipinski definition) is 1. The standard InChI is InChI=1S/C15H14N2O2.BrH/c16-15(12-4-2-1-3-5-12)17-9-8-11-6-7-13(18)14(19)10-11;/h1-7,10H,8-9H2,(H2,16,17);1H. The number of allylic oxidation sites excluding steroid dienone is 3. The number of nitrogens with zero attached hydrogens (tertiary/aromatic N) is 1. The van der Waals surface area contributed by atoms with Crippen molar-refractivity contribution in [3.63, 3.8) is 0 Å². The zero-order valence-corrected chi connectivity index (χ0v) is 12.5. The second-order valence-corrected chi connectivity index (χ2v) is 4.16. The average Bonchev–Trinajstić information content (AvgIpc) is 2.43. The molecule has 0 unspecified atom stereocenters. The predicted octanol–water partition coefficient (Wildman–Crippen LogP) is 1.99. The van der Waals surface area contributed by atoms with Crippen molar-refractivity contribution in [3.8, 4) is 0 Å². The van der Waals surface area contributed by atoms with Gasteiger partial charge in [-0.25, -0.2) is 0 Å². The Hall–Kier alpha value is -2.01.